The highest BCUT2D eigenvalue weighted by Crippen LogP contribution is 2.17. The van der Waals surface area contributed by atoms with Crippen LogP contribution in [0, 0.1) is 0 Å². The minimum Gasteiger partial charge on any atom is -0.392 e. The van der Waals surface area contributed by atoms with Crippen molar-refractivity contribution < 1.29 is 5.11 Å². The number of hydrogen-bond acceptors (Lipinski definition) is 2. The summed E-state index contributed by atoms with van der Waals surface area (Å²) in [4.78, 5) is 2.30. The number of β-amino-alcohol motifs (C(OH)–C–C–N with tert-alkyl or cyclic N) is 1. The fourth-order valence-corrected chi connectivity index (χ4v) is 2.50. The minimum absolute atomic E-state index is 0.0874. The molecule has 1 aliphatic heterocycles. The molecule has 2 unspecified atom stereocenters. The summed E-state index contributed by atoms with van der Waals surface area (Å²) in [5.41, 5.74) is 0. The molecule has 2 atom stereocenters. The van der Waals surface area contributed by atoms with E-state index in [9.17, 15) is 5.11 Å². The molecule has 0 aliphatic carbocycles. The average Bonchev–Trinajstić information content (AvgIpc) is 1.85. The van der Waals surface area contributed by atoms with E-state index >= 15 is 0 Å². The molecule has 1 rings (SSSR count). The number of rotatable bonds is 1. The molecule has 2 nitrogen and oxygen atoms in total. The van der Waals surface area contributed by atoms with Crippen molar-refractivity contribution in [2.75, 3.05) is 19.6 Å². The van der Waals surface area contributed by atoms with Gasteiger partial charge in [0.15, 0.2) is 0 Å². The van der Waals surface area contributed by atoms with Crippen LogP contribution in [-0.2, 0) is 0 Å². The molecule has 0 radical (unpaired) electrons. The Labute approximate surface area is 75.7 Å². The van der Waals surface area contributed by atoms with Crippen LogP contribution in [0.4, 0.5) is 0 Å². The Morgan fingerprint density at radius 2 is 2.30 bits per heavy atom. The van der Waals surface area contributed by atoms with Crippen molar-refractivity contribution in [2.45, 2.75) is 23.4 Å². The van der Waals surface area contributed by atoms with Gasteiger partial charge in [-0.2, -0.15) is 0 Å². The number of nitrogens with zero attached hydrogens (tertiary/aromatic N) is 1. The standard InChI is InChI=1S/C7H14INO/c1-2-9-4-6(8)3-7(10)5-9/h6-7,10H,2-5H2,1H3. The first-order chi connectivity index (χ1) is 4.72. The van der Waals surface area contributed by atoms with Gasteiger partial charge < -0.3 is 10.0 Å². The summed E-state index contributed by atoms with van der Waals surface area (Å²) in [5.74, 6) is 0. The Morgan fingerprint density at radius 3 is 2.80 bits per heavy atom. The smallest absolute Gasteiger partial charge is 0.0677 e. The van der Waals surface area contributed by atoms with Gasteiger partial charge in [0.1, 0.15) is 0 Å². The molecule has 3 heteroatoms. The van der Waals surface area contributed by atoms with Gasteiger partial charge in [-0.25, -0.2) is 0 Å². The van der Waals surface area contributed by atoms with Gasteiger partial charge in [-0.1, -0.05) is 29.5 Å². The Balaban J connectivity index is 2.35. The van der Waals surface area contributed by atoms with Crippen molar-refractivity contribution >= 4 is 22.6 Å². The molecule has 0 spiro atoms. The highest BCUT2D eigenvalue weighted by Gasteiger charge is 2.22. The molecule has 0 saturated carbocycles. The van der Waals surface area contributed by atoms with E-state index in [1.807, 2.05) is 0 Å². The van der Waals surface area contributed by atoms with Crippen LogP contribution in [0.3, 0.4) is 0 Å². The van der Waals surface area contributed by atoms with Gasteiger partial charge in [-0.3, -0.25) is 0 Å². The molecule has 60 valence electrons. The summed E-state index contributed by atoms with van der Waals surface area (Å²) < 4.78 is 0.640. The summed E-state index contributed by atoms with van der Waals surface area (Å²) in [6.45, 7) is 5.22. The SMILES string of the molecule is CCN1CC(O)CC(I)C1. The fraction of sp³-hybridized carbons (Fsp3) is 1.00. The van der Waals surface area contributed by atoms with E-state index in [4.69, 9.17) is 0 Å². The zero-order valence-electron chi connectivity index (χ0n) is 6.26. The van der Waals surface area contributed by atoms with Crippen LogP contribution in [0.1, 0.15) is 13.3 Å². The fourth-order valence-electron chi connectivity index (χ4n) is 1.36. The lowest BCUT2D eigenvalue weighted by Gasteiger charge is -2.32. The molecular weight excluding hydrogens is 241 g/mol. The van der Waals surface area contributed by atoms with Crippen molar-refractivity contribution in [2.24, 2.45) is 0 Å². The Kier molecular flexibility index (Phi) is 3.39. The molecule has 1 N–H and O–H groups in total. The Morgan fingerprint density at radius 1 is 1.60 bits per heavy atom. The minimum atomic E-state index is -0.0874. The van der Waals surface area contributed by atoms with E-state index < -0.39 is 0 Å². The van der Waals surface area contributed by atoms with Crippen molar-refractivity contribution in [1.82, 2.24) is 4.90 Å². The van der Waals surface area contributed by atoms with Gasteiger partial charge in [-0.15, -0.1) is 0 Å². The number of aliphatic hydroxyl groups is 1. The molecule has 0 aromatic carbocycles. The molecule has 0 bridgehead atoms. The van der Waals surface area contributed by atoms with Crippen LogP contribution in [0.2, 0.25) is 0 Å². The third-order valence-corrected chi connectivity index (χ3v) is 2.80. The molecule has 0 aromatic heterocycles. The van der Waals surface area contributed by atoms with Crippen LogP contribution in [0.15, 0.2) is 0 Å². The third kappa shape index (κ3) is 2.36. The van der Waals surface area contributed by atoms with E-state index in [0.29, 0.717) is 3.92 Å². The molecule has 10 heavy (non-hydrogen) atoms. The number of aliphatic hydroxyl groups excluding tert-OH is 1. The molecule has 1 aliphatic rings. The van der Waals surface area contributed by atoms with Crippen LogP contribution in [0.5, 0.6) is 0 Å². The van der Waals surface area contributed by atoms with Crippen LogP contribution >= 0.6 is 22.6 Å². The summed E-state index contributed by atoms with van der Waals surface area (Å²) >= 11 is 2.41. The quantitative estimate of drug-likeness (QED) is 0.555. The number of likely N-dealkylation sites (tertiary alicyclic amines) is 1. The first-order valence-corrected chi connectivity index (χ1v) is 5.01. The predicted octanol–water partition coefficient (Wildman–Crippen LogP) is 0.877. The van der Waals surface area contributed by atoms with Gasteiger partial charge in [0.2, 0.25) is 0 Å². The van der Waals surface area contributed by atoms with Crippen LogP contribution < -0.4 is 0 Å². The van der Waals surface area contributed by atoms with Crippen molar-refractivity contribution in [1.29, 1.82) is 0 Å². The van der Waals surface area contributed by atoms with E-state index in [2.05, 4.69) is 34.4 Å². The predicted molar refractivity (Wildman–Crippen MR) is 50.5 cm³/mol. The van der Waals surface area contributed by atoms with E-state index in [1.165, 1.54) is 0 Å². The molecule has 0 aromatic rings. The first-order valence-electron chi connectivity index (χ1n) is 3.77. The van der Waals surface area contributed by atoms with Crippen molar-refractivity contribution in [3.8, 4) is 0 Å². The number of hydrogen-bond donors (Lipinski definition) is 1. The lowest BCUT2D eigenvalue weighted by atomic mass is 10.1. The van der Waals surface area contributed by atoms with Crippen molar-refractivity contribution in [3.05, 3.63) is 0 Å². The zero-order chi connectivity index (χ0) is 7.56. The van der Waals surface area contributed by atoms with Gasteiger partial charge in [0.25, 0.3) is 0 Å². The highest BCUT2D eigenvalue weighted by atomic mass is 127. The highest BCUT2D eigenvalue weighted by molar-refractivity contribution is 14.1. The lowest BCUT2D eigenvalue weighted by molar-refractivity contribution is 0.0796. The number of likely N-dealkylation sites (N-methyl/N-ethyl adjacent to an activating group) is 1. The molecule has 0 amide bonds. The Hall–Kier alpha value is 0.650. The van der Waals surface area contributed by atoms with Gasteiger partial charge in [0.05, 0.1) is 6.10 Å². The largest absolute Gasteiger partial charge is 0.392 e. The summed E-state index contributed by atoms with van der Waals surface area (Å²) in [5, 5.41) is 9.33. The second-order valence-corrected chi connectivity index (χ2v) is 4.60. The second kappa shape index (κ2) is 3.88. The number of alkyl halides is 1. The van der Waals surface area contributed by atoms with E-state index in [-0.39, 0.29) is 6.10 Å². The topological polar surface area (TPSA) is 23.5 Å². The maximum Gasteiger partial charge on any atom is 0.0677 e. The monoisotopic (exact) mass is 255 g/mol. The first kappa shape index (κ1) is 8.74. The van der Waals surface area contributed by atoms with Crippen LogP contribution in [-0.4, -0.2) is 39.7 Å². The number of piperidine rings is 1. The van der Waals surface area contributed by atoms with Gasteiger partial charge in [0, 0.05) is 17.0 Å². The normalized spacial score (nSPS) is 36.3. The lowest BCUT2D eigenvalue weighted by Crippen LogP contribution is -2.43. The summed E-state index contributed by atoms with van der Waals surface area (Å²) in [6.07, 6.45) is 0.882. The van der Waals surface area contributed by atoms with Crippen molar-refractivity contribution in [3.63, 3.8) is 0 Å². The maximum absolute atomic E-state index is 9.33. The summed E-state index contributed by atoms with van der Waals surface area (Å²) in [7, 11) is 0. The summed E-state index contributed by atoms with van der Waals surface area (Å²) in [6, 6.07) is 0. The Bertz CT molecular complexity index is 99.8. The molecule has 1 fully saturated rings. The van der Waals surface area contributed by atoms with Gasteiger partial charge in [-0.05, 0) is 13.0 Å². The second-order valence-electron chi connectivity index (χ2n) is 2.84. The van der Waals surface area contributed by atoms with Gasteiger partial charge >= 0.3 is 0 Å². The average molecular weight is 255 g/mol. The zero-order valence-corrected chi connectivity index (χ0v) is 8.41. The number of halogens is 1. The molecular formula is C7H14INO. The molecule has 1 heterocycles. The maximum atomic E-state index is 9.33. The third-order valence-electron chi connectivity index (χ3n) is 1.90. The van der Waals surface area contributed by atoms with E-state index in [0.717, 1.165) is 26.1 Å². The molecule has 1 saturated heterocycles. The van der Waals surface area contributed by atoms with Crippen LogP contribution in [0.25, 0.3) is 0 Å². The van der Waals surface area contributed by atoms with E-state index in [1.54, 1.807) is 0 Å².